The number of likely N-dealkylation sites (tertiary alicyclic amines) is 1. The number of sulfonamides is 1. The van der Waals surface area contributed by atoms with E-state index in [0.717, 1.165) is 12.1 Å². The molecule has 3 fully saturated rings. The predicted octanol–water partition coefficient (Wildman–Crippen LogP) is 3.17. The summed E-state index contributed by atoms with van der Waals surface area (Å²) < 4.78 is 116. The number of nitrogens with one attached hydrogen (secondary N) is 1. The molecule has 182 valence electrons. The summed E-state index contributed by atoms with van der Waals surface area (Å²) in [4.78, 5) is 14.6. The molecule has 1 spiro atoms. The maximum Gasteiger partial charge on any atom is 0.252 e. The Morgan fingerprint density at radius 3 is 2.53 bits per heavy atom. The fourth-order valence-electron chi connectivity index (χ4n) is 4.87. The summed E-state index contributed by atoms with van der Waals surface area (Å²) in [5.41, 5.74) is -2.08. The highest BCUT2D eigenvalue weighted by atomic mass is 32.2. The van der Waals surface area contributed by atoms with E-state index in [2.05, 4.69) is 4.72 Å². The lowest BCUT2D eigenvalue weighted by molar-refractivity contribution is -0.157. The number of alkyl halides is 1. The van der Waals surface area contributed by atoms with Gasteiger partial charge in [0.05, 0.1) is 19.5 Å². The van der Waals surface area contributed by atoms with Crippen LogP contribution in [0.2, 0.25) is 0 Å². The first-order valence-electron chi connectivity index (χ1n) is 13.3. The molecule has 1 aliphatic carbocycles. The molecule has 2 heterocycles. The first-order chi connectivity index (χ1) is 18.3. The van der Waals surface area contributed by atoms with Crippen LogP contribution >= 0.6 is 0 Å². The van der Waals surface area contributed by atoms with Gasteiger partial charge in [-0.25, -0.2) is 26.3 Å². The zero-order valence-electron chi connectivity index (χ0n) is 23.0. The summed E-state index contributed by atoms with van der Waals surface area (Å²) in [5.74, 6) is -2.47. The summed E-state index contributed by atoms with van der Waals surface area (Å²) >= 11 is 0. The fourth-order valence-corrected chi connectivity index (χ4v) is 5.73. The number of carbonyl (C=O) groups excluding carboxylic acids is 1. The molecule has 34 heavy (non-hydrogen) atoms. The van der Waals surface area contributed by atoms with Gasteiger partial charge in [0.25, 0.3) is 5.91 Å². The summed E-state index contributed by atoms with van der Waals surface area (Å²) in [6, 6.07) is -5.69. The summed E-state index contributed by atoms with van der Waals surface area (Å²) in [7, 11) is -4.38. The third-order valence-electron chi connectivity index (χ3n) is 6.84. The largest absolute Gasteiger partial charge is 0.368 e. The molecule has 2 aromatic carbocycles. The van der Waals surface area contributed by atoms with Crippen LogP contribution in [-0.2, 0) is 26.0 Å². The van der Waals surface area contributed by atoms with Crippen LogP contribution in [0.15, 0.2) is 42.3 Å². The number of hydrogen-bond donors (Lipinski definition) is 1. The highest BCUT2D eigenvalue weighted by Gasteiger charge is 2.62. The number of carbonyl (C=O) groups is 1. The zero-order chi connectivity index (χ0) is 28.4. The normalized spacial score (nSPS) is 27.4. The van der Waals surface area contributed by atoms with Gasteiger partial charge in [-0.3, -0.25) is 4.79 Å². The zero-order valence-corrected chi connectivity index (χ0v) is 18.8. The van der Waals surface area contributed by atoms with Crippen LogP contribution in [0.25, 0.3) is 11.1 Å². The second-order valence-corrected chi connectivity index (χ2v) is 10.7. The number of hydrogen-bond acceptors (Lipinski definition) is 4. The molecule has 1 N–H and O–H groups in total. The number of halogens is 3. The van der Waals surface area contributed by atoms with Crippen molar-refractivity contribution in [1.82, 2.24) is 9.62 Å². The number of ether oxygens (including phenoxy) is 1. The Morgan fingerprint density at radius 2 is 1.94 bits per heavy atom. The van der Waals surface area contributed by atoms with Gasteiger partial charge in [0, 0.05) is 30.0 Å². The van der Waals surface area contributed by atoms with Crippen LogP contribution in [0.5, 0.6) is 0 Å². The second-order valence-electron chi connectivity index (χ2n) is 8.99. The van der Waals surface area contributed by atoms with Crippen molar-refractivity contribution in [2.75, 3.05) is 19.2 Å². The minimum atomic E-state index is -4.38. The standard InChI is InChI=1S/C24H25F3N2O4S/c25-14-34(31,32)28-22-19(29(13-24(22)7-8-24)23(30)20-6-9-33-20)11-16-10-17(26)12-18(21(16)27)15-4-2-1-3-5-15/h1-5,10,12,19-20,22,28H,6-9,11,13-14H2/t19-,20?,22+/m0/s1/i1D,2D,3D,4D,5D. The van der Waals surface area contributed by atoms with Crippen LogP contribution in [0, 0.1) is 17.0 Å². The Bertz CT molecular complexity index is 1440. The van der Waals surface area contributed by atoms with E-state index >= 15 is 4.39 Å². The SMILES string of the molecule is [2H]c1c([2H])c([2H])c(-c2cc(F)cc(C[C@H]3[C@@H](NS(=O)(=O)CF)C4(CC4)CN3C(=O)C3CCO3)c2F)c([2H])c1[2H]. The van der Waals surface area contributed by atoms with Gasteiger partial charge in [0.2, 0.25) is 16.0 Å². The predicted molar refractivity (Wildman–Crippen MR) is 119 cm³/mol. The Hall–Kier alpha value is -2.43. The first-order valence-corrected chi connectivity index (χ1v) is 12.5. The van der Waals surface area contributed by atoms with Crippen molar-refractivity contribution < 1.29 is 38.0 Å². The van der Waals surface area contributed by atoms with Crippen molar-refractivity contribution in [3.8, 4) is 11.1 Å². The van der Waals surface area contributed by atoms with Gasteiger partial charge < -0.3 is 9.64 Å². The van der Waals surface area contributed by atoms with E-state index in [0.29, 0.717) is 25.9 Å². The molecular weight excluding hydrogens is 469 g/mol. The lowest BCUT2D eigenvalue weighted by atomic mass is 9.91. The van der Waals surface area contributed by atoms with Gasteiger partial charge in [-0.2, -0.15) is 0 Å². The van der Waals surface area contributed by atoms with Gasteiger partial charge in [0.15, 0.2) is 0 Å². The Morgan fingerprint density at radius 1 is 1.24 bits per heavy atom. The van der Waals surface area contributed by atoms with Crippen molar-refractivity contribution in [1.29, 1.82) is 0 Å². The molecule has 1 unspecified atom stereocenters. The molecule has 1 saturated carbocycles. The molecule has 2 aromatic rings. The van der Waals surface area contributed by atoms with Crippen molar-refractivity contribution >= 4 is 15.9 Å². The van der Waals surface area contributed by atoms with E-state index in [1.54, 1.807) is 0 Å². The number of rotatable bonds is 7. The van der Waals surface area contributed by atoms with Crippen LogP contribution in [-0.4, -0.2) is 56.6 Å². The van der Waals surface area contributed by atoms with Crippen molar-refractivity contribution in [3.63, 3.8) is 0 Å². The van der Waals surface area contributed by atoms with Crippen molar-refractivity contribution in [3.05, 3.63) is 59.5 Å². The van der Waals surface area contributed by atoms with Crippen LogP contribution in [0.1, 0.15) is 31.7 Å². The van der Waals surface area contributed by atoms with Crippen LogP contribution < -0.4 is 4.72 Å². The maximum absolute atomic E-state index is 16.0. The van der Waals surface area contributed by atoms with Gasteiger partial charge >= 0.3 is 0 Å². The lowest BCUT2D eigenvalue weighted by Gasteiger charge is -2.34. The molecule has 5 rings (SSSR count). The second kappa shape index (κ2) is 8.66. The minimum Gasteiger partial charge on any atom is -0.368 e. The summed E-state index contributed by atoms with van der Waals surface area (Å²) in [5, 5.41) is 0. The molecule has 1 amide bonds. The Kier molecular flexibility index (Phi) is 4.56. The third kappa shape index (κ3) is 4.23. The summed E-state index contributed by atoms with van der Waals surface area (Å²) in [6.45, 7) is 0.501. The molecule has 0 bridgehead atoms. The monoisotopic (exact) mass is 499 g/mol. The number of nitrogens with zero attached hydrogens (tertiary/aromatic N) is 1. The number of amides is 1. The van der Waals surface area contributed by atoms with E-state index in [4.69, 9.17) is 11.6 Å². The van der Waals surface area contributed by atoms with E-state index in [1.807, 2.05) is 0 Å². The molecule has 3 atom stereocenters. The molecule has 2 aliphatic heterocycles. The van der Waals surface area contributed by atoms with Crippen LogP contribution in [0.4, 0.5) is 13.2 Å². The molecule has 6 nitrogen and oxygen atoms in total. The highest BCUT2D eigenvalue weighted by Crippen LogP contribution is 2.56. The lowest BCUT2D eigenvalue weighted by Crippen LogP contribution is -2.53. The molecule has 0 radical (unpaired) electrons. The quantitative estimate of drug-likeness (QED) is 0.635. The van der Waals surface area contributed by atoms with Gasteiger partial charge in [-0.1, -0.05) is 30.2 Å². The minimum absolute atomic E-state index is 0.128. The third-order valence-corrected chi connectivity index (χ3v) is 7.74. The summed E-state index contributed by atoms with van der Waals surface area (Å²) in [6.07, 6.45) is 0.396. The average molecular weight is 500 g/mol. The molecular formula is C24H25F3N2O4S. The average Bonchev–Trinajstić information content (AvgIpc) is 3.58. The fraction of sp³-hybridized carbons (Fsp3) is 0.458. The molecule has 2 saturated heterocycles. The van der Waals surface area contributed by atoms with E-state index in [9.17, 15) is 22.0 Å². The molecule has 0 aromatic heterocycles. The molecule has 3 aliphatic rings. The molecule has 10 heteroatoms. The van der Waals surface area contributed by atoms with E-state index in [-0.39, 0.29) is 18.5 Å². The van der Waals surface area contributed by atoms with Gasteiger partial charge in [-0.15, -0.1) is 0 Å². The maximum atomic E-state index is 16.0. The van der Waals surface area contributed by atoms with E-state index in [1.165, 1.54) is 4.90 Å². The Balaban J connectivity index is 1.60. The van der Waals surface area contributed by atoms with E-state index < -0.39 is 98.5 Å². The van der Waals surface area contributed by atoms with Gasteiger partial charge in [-0.05, 0) is 42.5 Å². The van der Waals surface area contributed by atoms with Gasteiger partial charge in [0.1, 0.15) is 17.7 Å². The van der Waals surface area contributed by atoms with Crippen molar-refractivity contribution in [2.24, 2.45) is 5.41 Å². The van der Waals surface area contributed by atoms with Crippen LogP contribution in [0.3, 0.4) is 0 Å². The Labute approximate surface area is 203 Å². The smallest absolute Gasteiger partial charge is 0.252 e. The topological polar surface area (TPSA) is 75.7 Å². The van der Waals surface area contributed by atoms with Crippen molar-refractivity contribution in [2.45, 2.75) is 43.9 Å². The number of benzene rings is 2. The highest BCUT2D eigenvalue weighted by molar-refractivity contribution is 7.89. The first kappa shape index (κ1) is 17.9.